The average Bonchev–Trinajstić information content (AvgIpc) is 2.87. The van der Waals surface area contributed by atoms with Crippen LogP contribution in [0.2, 0.25) is 0 Å². The van der Waals surface area contributed by atoms with Crippen LogP contribution in [0.5, 0.6) is 0 Å². The van der Waals surface area contributed by atoms with Crippen molar-refractivity contribution in [1.29, 1.82) is 0 Å². The smallest absolute Gasteiger partial charge is 0.234 e. The lowest BCUT2D eigenvalue weighted by molar-refractivity contribution is -0.118. The van der Waals surface area contributed by atoms with Crippen LogP contribution in [0.15, 0.2) is 22.8 Å². The molecule has 96 valence electrons. The van der Waals surface area contributed by atoms with E-state index in [1.54, 1.807) is 6.26 Å². The normalized spacial score (nSPS) is 12.7. The molecule has 1 unspecified atom stereocenters. The number of carbonyl (C=O) groups excluding carboxylic acids is 1. The van der Waals surface area contributed by atoms with Gasteiger partial charge in [0.15, 0.2) is 0 Å². The van der Waals surface area contributed by atoms with Crippen LogP contribution in [0.3, 0.4) is 0 Å². The number of furan rings is 1. The van der Waals surface area contributed by atoms with E-state index in [1.165, 1.54) is 0 Å². The highest BCUT2D eigenvalue weighted by Crippen LogP contribution is 2.20. The Balaban J connectivity index is 2.69. The van der Waals surface area contributed by atoms with E-state index in [2.05, 4.69) is 24.1 Å². The fourth-order valence-electron chi connectivity index (χ4n) is 1.81. The molecule has 0 saturated carbocycles. The van der Waals surface area contributed by atoms with Gasteiger partial charge in [0.25, 0.3) is 0 Å². The second-order valence-electron chi connectivity index (χ2n) is 3.69. The molecule has 1 aromatic heterocycles. The lowest BCUT2D eigenvalue weighted by Crippen LogP contribution is -2.38. The fraction of sp³-hybridized carbons (Fsp3) is 0.583. The number of rotatable bonds is 7. The maximum Gasteiger partial charge on any atom is 0.234 e. The van der Waals surface area contributed by atoms with Crippen LogP contribution in [0, 0.1) is 0 Å². The van der Waals surface area contributed by atoms with Crippen LogP contribution in [-0.4, -0.2) is 36.3 Å². The van der Waals surface area contributed by atoms with Gasteiger partial charge in [-0.2, -0.15) is 0 Å². The maximum absolute atomic E-state index is 11.2. The molecule has 0 spiro atoms. The topological polar surface area (TPSA) is 45.5 Å². The first-order valence-corrected chi connectivity index (χ1v) is 6.36. The third kappa shape index (κ3) is 4.06. The average molecular weight is 259 g/mol. The molecule has 0 aliphatic carbocycles. The number of halogens is 1. The van der Waals surface area contributed by atoms with E-state index >= 15 is 0 Å². The Morgan fingerprint density at radius 1 is 1.53 bits per heavy atom. The Bertz CT molecular complexity index is 323. The molecular weight excluding hydrogens is 240 g/mol. The van der Waals surface area contributed by atoms with Gasteiger partial charge >= 0.3 is 0 Å². The van der Waals surface area contributed by atoms with E-state index in [1.807, 2.05) is 12.1 Å². The minimum absolute atomic E-state index is 0.0108. The first-order valence-electron chi connectivity index (χ1n) is 5.83. The third-order valence-electron chi connectivity index (χ3n) is 2.74. The lowest BCUT2D eigenvalue weighted by atomic mass is 10.2. The Morgan fingerprint density at radius 2 is 2.24 bits per heavy atom. The van der Waals surface area contributed by atoms with E-state index in [0.29, 0.717) is 6.54 Å². The highest BCUT2D eigenvalue weighted by atomic mass is 35.5. The molecule has 1 amide bonds. The van der Waals surface area contributed by atoms with Crippen LogP contribution in [0.1, 0.15) is 25.6 Å². The second kappa shape index (κ2) is 7.35. The molecule has 0 aliphatic rings. The van der Waals surface area contributed by atoms with Gasteiger partial charge in [0, 0.05) is 6.54 Å². The number of likely N-dealkylation sites (N-methyl/N-ethyl adjacent to an activating group) is 1. The zero-order valence-electron chi connectivity index (χ0n) is 10.3. The molecule has 0 saturated heterocycles. The van der Waals surface area contributed by atoms with Gasteiger partial charge in [0.2, 0.25) is 5.91 Å². The van der Waals surface area contributed by atoms with Gasteiger partial charge in [-0.3, -0.25) is 9.69 Å². The third-order valence-corrected chi connectivity index (χ3v) is 2.98. The van der Waals surface area contributed by atoms with Gasteiger partial charge in [-0.25, -0.2) is 0 Å². The first kappa shape index (κ1) is 14.1. The van der Waals surface area contributed by atoms with Crippen LogP contribution in [0.4, 0.5) is 0 Å². The summed E-state index contributed by atoms with van der Waals surface area (Å²) >= 11 is 5.46. The SMILES string of the molecule is CCN(CC)C(CNC(=O)CCl)c1ccco1. The molecule has 1 atom stereocenters. The summed E-state index contributed by atoms with van der Waals surface area (Å²) in [7, 11) is 0. The Hall–Kier alpha value is -1.00. The molecule has 5 heteroatoms. The van der Waals surface area contributed by atoms with Gasteiger partial charge in [-0.1, -0.05) is 13.8 Å². The molecule has 1 N–H and O–H groups in total. The van der Waals surface area contributed by atoms with E-state index in [4.69, 9.17) is 16.0 Å². The summed E-state index contributed by atoms with van der Waals surface area (Å²) in [4.78, 5) is 13.4. The Labute approximate surface area is 107 Å². The number of nitrogens with zero attached hydrogens (tertiary/aromatic N) is 1. The number of hydrogen-bond donors (Lipinski definition) is 1. The molecular formula is C12H19ClN2O2. The van der Waals surface area contributed by atoms with Crippen LogP contribution in [0.25, 0.3) is 0 Å². The molecule has 1 rings (SSSR count). The number of carbonyl (C=O) groups is 1. The summed E-state index contributed by atoms with van der Waals surface area (Å²) in [5.41, 5.74) is 0. The summed E-state index contributed by atoms with van der Waals surface area (Å²) in [5.74, 6) is 0.697. The van der Waals surface area contributed by atoms with Crippen molar-refractivity contribution in [3.8, 4) is 0 Å². The summed E-state index contributed by atoms with van der Waals surface area (Å²) in [5, 5.41) is 2.80. The van der Waals surface area contributed by atoms with Gasteiger partial charge in [-0.05, 0) is 25.2 Å². The largest absolute Gasteiger partial charge is 0.468 e. The zero-order chi connectivity index (χ0) is 12.7. The molecule has 0 fully saturated rings. The molecule has 0 radical (unpaired) electrons. The van der Waals surface area contributed by atoms with Crippen molar-refractivity contribution in [2.24, 2.45) is 0 Å². The summed E-state index contributed by atoms with van der Waals surface area (Å²) < 4.78 is 5.42. The minimum atomic E-state index is -0.157. The minimum Gasteiger partial charge on any atom is -0.468 e. The van der Waals surface area contributed by atoms with Crippen molar-refractivity contribution in [2.75, 3.05) is 25.5 Å². The molecule has 1 aromatic rings. The van der Waals surface area contributed by atoms with Crippen LogP contribution in [-0.2, 0) is 4.79 Å². The predicted octanol–water partition coefficient (Wildman–Crippen LogP) is 2.02. The molecule has 17 heavy (non-hydrogen) atoms. The summed E-state index contributed by atoms with van der Waals surface area (Å²) in [6.07, 6.45) is 1.65. The molecule has 0 aromatic carbocycles. The number of nitrogens with one attached hydrogen (secondary N) is 1. The summed E-state index contributed by atoms with van der Waals surface area (Å²) in [6.45, 7) is 6.49. The van der Waals surface area contributed by atoms with Crippen molar-refractivity contribution in [3.05, 3.63) is 24.2 Å². The Kier molecular flexibility index (Phi) is 6.08. The van der Waals surface area contributed by atoms with Gasteiger partial charge < -0.3 is 9.73 Å². The standard InChI is InChI=1S/C12H19ClN2O2/c1-3-15(4-2)10(9-14-12(16)8-13)11-6-5-7-17-11/h5-7,10H,3-4,8-9H2,1-2H3,(H,14,16). The number of hydrogen-bond acceptors (Lipinski definition) is 3. The van der Waals surface area contributed by atoms with Crippen molar-refractivity contribution in [1.82, 2.24) is 10.2 Å². The van der Waals surface area contributed by atoms with Crippen molar-refractivity contribution in [2.45, 2.75) is 19.9 Å². The number of alkyl halides is 1. The molecule has 0 bridgehead atoms. The van der Waals surface area contributed by atoms with Gasteiger partial charge in [-0.15, -0.1) is 11.6 Å². The monoisotopic (exact) mass is 258 g/mol. The van der Waals surface area contributed by atoms with Gasteiger partial charge in [0.1, 0.15) is 11.6 Å². The quantitative estimate of drug-likeness (QED) is 0.761. The predicted molar refractivity (Wildman–Crippen MR) is 68.1 cm³/mol. The zero-order valence-corrected chi connectivity index (χ0v) is 11.0. The lowest BCUT2D eigenvalue weighted by Gasteiger charge is -2.28. The molecule has 0 aliphatic heterocycles. The van der Waals surface area contributed by atoms with Crippen molar-refractivity contribution in [3.63, 3.8) is 0 Å². The Morgan fingerprint density at radius 3 is 2.71 bits per heavy atom. The molecule has 1 heterocycles. The van der Waals surface area contributed by atoms with E-state index in [0.717, 1.165) is 18.8 Å². The maximum atomic E-state index is 11.2. The van der Waals surface area contributed by atoms with Crippen LogP contribution >= 0.6 is 11.6 Å². The van der Waals surface area contributed by atoms with Crippen LogP contribution < -0.4 is 5.32 Å². The highest BCUT2D eigenvalue weighted by Gasteiger charge is 2.20. The van der Waals surface area contributed by atoms with E-state index in [9.17, 15) is 4.79 Å². The first-order chi connectivity index (χ1) is 8.22. The van der Waals surface area contributed by atoms with E-state index < -0.39 is 0 Å². The summed E-state index contributed by atoms with van der Waals surface area (Å²) in [6, 6.07) is 3.84. The second-order valence-corrected chi connectivity index (χ2v) is 3.96. The van der Waals surface area contributed by atoms with E-state index in [-0.39, 0.29) is 17.8 Å². The van der Waals surface area contributed by atoms with Gasteiger partial charge in [0.05, 0.1) is 12.3 Å². The van der Waals surface area contributed by atoms with Crippen molar-refractivity contribution < 1.29 is 9.21 Å². The number of amides is 1. The van der Waals surface area contributed by atoms with Crippen molar-refractivity contribution >= 4 is 17.5 Å². The molecule has 4 nitrogen and oxygen atoms in total. The highest BCUT2D eigenvalue weighted by molar-refractivity contribution is 6.27. The fourth-order valence-corrected chi connectivity index (χ4v) is 1.91.